The maximum Gasteiger partial charge on any atom is 0.390 e. The maximum absolute atomic E-state index is 11.8. The molecule has 0 aromatic heterocycles. The molecule has 0 heterocycles. The monoisotopic (exact) mass is 217 g/mol. The standard InChI is InChI=1S/C8H15ClF3N/c1-7(9)3-5-13(2)6-4-8(10,11)12/h7H,3-6H2,1-2H3. The van der Waals surface area contributed by atoms with Crippen LogP contribution in [0.15, 0.2) is 0 Å². The highest BCUT2D eigenvalue weighted by Gasteiger charge is 2.26. The Labute approximate surface area is 81.9 Å². The van der Waals surface area contributed by atoms with Crippen LogP contribution < -0.4 is 0 Å². The predicted octanol–water partition coefficient (Wildman–Crippen LogP) is 2.89. The highest BCUT2D eigenvalue weighted by Crippen LogP contribution is 2.19. The van der Waals surface area contributed by atoms with Gasteiger partial charge >= 0.3 is 6.18 Å². The van der Waals surface area contributed by atoms with Gasteiger partial charge in [-0.05, 0) is 26.9 Å². The van der Waals surface area contributed by atoms with Gasteiger partial charge in [-0.2, -0.15) is 13.2 Å². The lowest BCUT2D eigenvalue weighted by Crippen LogP contribution is -2.26. The van der Waals surface area contributed by atoms with E-state index in [9.17, 15) is 13.2 Å². The molecule has 1 unspecified atom stereocenters. The third-order valence-corrected chi connectivity index (χ3v) is 1.90. The van der Waals surface area contributed by atoms with Crippen molar-refractivity contribution < 1.29 is 13.2 Å². The Morgan fingerprint density at radius 1 is 1.31 bits per heavy atom. The number of hydrogen-bond donors (Lipinski definition) is 0. The summed E-state index contributed by atoms with van der Waals surface area (Å²) in [6.07, 6.45) is -4.09. The minimum Gasteiger partial charge on any atom is -0.306 e. The zero-order chi connectivity index (χ0) is 10.5. The molecule has 0 aliphatic rings. The summed E-state index contributed by atoms with van der Waals surface area (Å²) in [4.78, 5) is 1.65. The van der Waals surface area contributed by atoms with E-state index in [2.05, 4.69) is 0 Å². The Morgan fingerprint density at radius 2 is 1.85 bits per heavy atom. The summed E-state index contributed by atoms with van der Waals surface area (Å²) in [5, 5.41) is 0.0216. The number of alkyl halides is 4. The predicted molar refractivity (Wildman–Crippen MR) is 48.1 cm³/mol. The molecule has 0 saturated heterocycles. The molecule has 1 atom stereocenters. The van der Waals surface area contributed by atoms with E-state index in [-0.39, 0.29) is 11.9 Å². The molecular formula is C8H15ClF3N. The number of hydrogen-bond acceptors (Lipinski definition) is 1. The molecule has 1 nitrogen and oxygen atoms in total. The van der Waals surface area contributed by atoms with Crippen LogP contribution in [0.2, 0.25) is 0 Å². The number of rotatable bonds is 5. The van der Waals surface area contributed by atoms with E-state index in [1.807, 2.05) is 6.92 Å². The lowest BCUT2D eigenvalue weighted by molar-refractivity contribution is -0.137. The van der Waals surface area contributed by atoms with Gasteiger partial charge in [-0.15, -0.1) is 11.6 Å². The van der Waals surface area contributed by atoms with E-state index >= 15 is 0 Å². The topological polar surface area (TPSA) is 3.24 Å². The summed E-state index contributed by atoms with van der Waals surface area (Å²) in [5.74, 6) is 0. The summed E-state index contributed by atoms with van der Waals surface area (Å²) in [6, 6.07) is 0. The second-order valence-corrected chi connectivity index (χ2v) is 3.98. The molecule has 0 N–H and O–H groups in total. The molecule has 13 heavy (non-hydrogen) atoms. The molecule has 80 valence electrons. The minimum absolute atomic E-state index is 0.0216. The van der Waals surface area contributed by atoms with Gasteiger partial charge < -0.3 is 4.90 Å². The van der Waals surface area contributed by atoms with Crippen LogP contribution >= 0.6 is 11.6 Å². The van der Waals surface area contributed by atoms with E-state index < -0.39 is 12.6 Å². The highest BCUT2D eigenvalue weighted by atomic mass is 35.5. The van der Waals surface area contributed by atoms with Crippen molar-refractivity contribution in [2.24, 2.45) is 0 Å². The van der Waals surface area contributed by atoms with E-state index in [0.717, 1.165) is 6.42 Å². The van der Waals surface area contributed by atoms with E-state index in [4.69, 9.17) is 11.6 Å². The van der Waals surface area contributed by atoms with Gasteiger partial charge in [0.2, 0.25) is 0 Å². The summed E-state index contributed by atoms with van der Waals surface area (Å²) >= 11 is 5.66. The van der Waals surface area contributed by atoms with Gasteiger partial charge in [-0.1, -0.05) is 0 Å². The second kappa shape index (κ2) is 5.70. The average molecular weight is 218 g/mol. The average Bonchev–Trinajstić information content (AvgIpc) is 1.95. The van der Waals surface area contributed by atoms with Crippen LogP contribution in [0, 0.1) is 0 Å². The summed E-state index contributed by atoms with van der Waals surface area (Å²) in [5.41, 5.74) is 0. The molecule has 0 fully saturated rings. The van der Waals surface area contributed by atoms with Gasteiger partial charge in [0.05, 0.1) is 6.42 Å². The second-order valence-electron chi connectivity index (χ2n) is 3.24. The van der Waals surface area contributed by atoms with Crippen molar-refractivity contribution >= 4 is 11.6 Å². The zero-order valence-corrected chi connectivity index (χ0v) is 8.62. The maximum atomic E-state index is 11.8. The molecule has 0 bridgehead atoms. The lowest BCUT2D eigenvalue weighted by Gasteiger charge is -2.17. The number of nitrogens with zero attached hydrogens (tertiary/aromatic N) is 1. The Balaban J connectivity index is 3.46. The van der Waals surface area contributed by atoms with Crippen LogP contribution in [0.5, 0.6) is 0 Å². The van der Waals surface area contributed by atoms with Gasteiger partial charge in [0.1, 0.15) is 0 Å². The van der Waals surface area contributed by atoms with Crippen molar-refractivity contribution in [3.8, 4) is 0 Å². The van der Waals surface area contributed by atoms with E-state index in [0.29, 0.717) is 6.54 Å². The van der Waals surface area contributed by atoms with Gasteiger partial charge in [0.25, 0.3) is 0 Å². The molecule has 0 aliphatic heterocycles. The van der Waals surface area contributed by atoms with Crippen LogP contribution in [-0.2, 0) is 0 Å². The van der Waals surface area contributed by atoms with Gasteiger partial charge in [0, 0.05) is 11.9 Å². The minimum atomic E-state index is -4.05. The summed E-state index contributed by atoms with van der Waals surface area (Å²) < 4.78 is 35.3. The Hall–Kier alpha value is 0.0400. The molecule has 0 spiro atoms. The first kappa shape index (κ1) is 13.0. The molecule has 0 aromatic carbocycles. The van der Waals surface area contributed by atoms with Crippen LogP contribution in [0.4, 0.5) is 13.2 Å². The molecule has 0 aromatic rings. The summed E-state index contributed by atoms with van der Waals surface area (Å²) in [6.45, 7) is 2.49. The van der Waals surface area contributed by atoms with Crippen LogP contribution in [0.1, 0.15) is 19.8 Å². The Bertz CT molecular complexity index is 136. The highest BCUT2D eigenvalue weighted by molar-refractivity contribution is 6.20. The van der Waals surface area contributed by atoms with Gasteiger partial charge in [-0.3, -0.25) is 0 Å². The molecule has 0 aliphatic carbocycles. The normalized spacial score (nSPS) is 15.0. The van der Waals surface area contributed by atoms with Gasteiger partial charge in [0.15, 0.2) is 0 Å². The Morgan fingerprint density at radius 3 is 2.23 bits per heavy atom. The Kier molecular flexibility index (Phi) is 5.72. The summed E-state index contributed by atoms with van der Waals surface area (Å²) in [7, 11) is 1.67. The van der Waals surface area contributed by atoms with Crippen molar-refractivity contribution in [1.82, 2.24) is 4.90 Å². The zero-order valence-electron chi connectivity index (χ0n) is 7.86. The SMILES string of the molecule is CC(Cl)CCN(C)CCC(F)(F)F. The quantitative estimate of drug-likeness (QED) is 0.640. The lowest BCUT2D eigenvalue weighted by atomic mass is 10.3. The van der Waals surface area contributed by atoms with Crippen LogP contribution in [0.3, 0.4) is 0 Å². The van der Waals surface area contributed by atoms with Crippen LogP contribution in [0.25, 0.3) is 0 Å². The third kappa shape index (κ3) is 9.96. The third-order valence-electron chi connectivity index (χ3n) is 1.69. The van der Waals surface area contributed by atoms with Crippen molar-refractivity contribution in [1.29, 1.82) is 0 Å². The largest absolute Gasteiger partial charge is 0.390 e. The van der Waals surface area contributed by atoms with Crippen molar-refractivity contribution in [3.63, 3.8) is 0 Å². The van der Waals surface area contributed by atoms with E-state index in [1.165, 1.54) is 0 Å². The van der Waals surface area contributed by atoms with Crippen molar-refractivity contribution in [2.75, 3.05) is 20.1 Å². The van der Waals surface area contributed by atoms with Gasteiger partial charge in [-0.25, -0.2) is 0 Å². The molecule has 0 saturated carbocycles. The molecule has 0 amide bonds. The smallest absolute Gasteiger partial charge is 0.306 e. The number of halogens is 4. The first-order valence-electron chi connectivity index (χ1n) is 4.20. The first-order valence-corrected chi connectivity index (χ1v) is 4.64. The van der Waals surface area contributed by atoms with Crippen molar-refractivity contribution in [2.45, 2.75) is 31.3 Å². The molecule has 0 radical (unpaired) electrons. The van der Waals surface area contributed by atoms with E-state index in [1.54, 1.807) is 11.9 Å². The fourth-order valence-corrected chi connectivity index (χ4v) is 0.925. The fraction of sp³-hybridized carbons (Fsp3) is 1.00. The van der Waals surface area contributed by atoms with Crippen LogP contribution in [-0.4, -0.2) is 36.6 Å². The molecular weight excluding hydrogens is 203 g/mol. The molecule has 0 rings (SSSR count). The van der Waals surface area contributed by atoms with Crippen molar-refractivity contribution in [3.05, 3.63) is 0 Å². The fourth-order valence-electron chi connectivity index (χ4n) is 0.828. The first-order chi connectivity index (χ1) is 5.81. The molecule has 5 heteroatoms.